The van der Waals surface area contributed by atoms with Crippen LogP contribution < -0.4 is 7.58 Å². The molecule has 0 radical (unpaired) electrons. The highest BCUT2D eigenvalue weighted by molar-refractivity contribution is 7.00. The second-order valence-electron chi connectivity index (χ2n) is 20.2. The summed E-state index contributed by atoms with van der Waals surface area (Å²) in [5.41, 5.74) is -5.91. The molecule has 0 amide bonds. The standard InChI is InChI=1S/C47H50F10N2O2.Al.ClH/c1-44(2,3)20-16-22(42(60)24(18-20)46(7,8)9)40(28-30(48)34(52)38(56)35(53)31(28)49)58-26-14-13-15-27(26)59-41(29-32(50)36(54)39(57)37(55)33(29)51)23-17-21(45(4,5)6)19-25(43(23)61)47(10,11)12;;/h16-19,26-27,60-61H,13-15H2,1-12H3;;1H/q;+3;/p-3/t26-,27-;;/m1../s1. The predicted molar refractivity (Wildman–Crippen MR) is 226 cm³/mol. The molecule has 1 aliphatic carbocycles. The Morgan fingerprint density at radius 3 is 1.02 bits per heavy atom. The molecule has 0 aromatic heterocycles. The molecule has 63 heavy (non-hydrogen) atoms. The van der Waals surface area contributed by atoms with Crippen LogP contribution in [0.15, 0.2) is 34.3 Å². The lowest BCUT2D eigenvalue weighted by atomic mass is 9.78. The molecule has 1 heterocycles. The van der Waals surface area contributed by atoms with E-state index >= 15 is 35.1 Å². The quantitative estimate of drug-likeness (QED) is 0.0870. The van der Waals surface area contributed by atoms with E-state index in [-0.39, 0.29) is 41.9 Å². The fourth-order valence-electron chi connectivity index (χ4n) is 7.77. The molecule has 1 saturated carbocycles. The van der Waals surface area contributed by atoms with E-state index < -0.39 is 128 Å². The summed E-state index contributed by atoms with van der Waals surface area (Å²) in [6.07, 6.45) is 0.347. The summed E-state index contributed by atoms with van der Waals surface area (Å²) in [4.78, 5) is 9.48. The van der Waals surface area contributed by atoms with Crippen LogP contribution in [0, 0.1) is 58.2 Å². The number of fused-ring (bicyclic) bond motifs is 3. The Balaban J connectivity index is 1.87. The lowest BCUT2D eigenvalue weighted by Gasteiger charge is -2.32. The Kier molecular flexibility index (Phi) is 12.9. The maximum atomic E-state index is 16.2. The number of hydrogen-bond acceptors (Lipinski definition) is 4. The Bertz CT molecular complexity index is 2350. The van der Waals surface area contributed by atoms with Crippen LogP contribution >= 0.6 is 10.0 Å². The molecule has 2 aliphatic rings. The monoisotopic (exact) mass is 924 g/mol. The van der Waals surface area contributed by atoms with Gasteiger partial charge in [0.2, 0.25) is 11.6 Å². The van der Waals surface area contributed by atoms with Crippen molar-refractivity contribution in [1.82, 2.24) is 0 Å². The van der Waals surface area contributed by atoms with Crippen molar-refractivity contribution >= 4 is 35.4 Å². The van der Waals surface area contributed by atoms with Gasteiger partial charge in [-0.05, 0) is 75.3 Å². The smallest absolute Gasteiger partial charge is 0.599 e. The first-order valence-corrected chi connectivity index (χ1v) is 23.1. The van der Waals surface area contributed by atoms with Crippen LogP contribution in [0.4, 0.5) is 43.9 Å². The van der Waals surface area contributed by atoms with Gasteiger partial charge < -0.3 is 7.58 Å². The molecule has 0 spiro atoms. The van der Waals surface area contributed by atoms with Crippen LogP contribution in [-0.2, 0) is 21.7 Å². The van der Waals surface area contributed by atoms with Gasteiger partial charge >= 0.3 is 13.9 Å². The fourth-order valence-corrected chi connectivity index (χ4v) is 9.23. The summed E-state index contributed by atoms with van der Waals surface area (Å²) in [5.74, 6) is -22.9. The van der Waals surface area contributed by atoms with Crippen molar-refractivity contribution in [3.8, 4) is 11.5 Å². The summed E-state index contributed by atoms with van der Waals surface area (Å²) >= 11 is -3.86. The van der Waals surface area contributed by atoms with E-state index in [4.69, 9.17) is 27.6 Å². The number of benzene rings is 4. The molecule has 0 bridgehead atoms. The number of hydrogen-bond donors (Lipinski definition) is 0. The van der Waals surface area contributed by atoms with Crippen LogP contribution in [0.5, 0.6) is 11.5 Å². The average Bonchev–Trinajstić information content (AvgIpc) is 3.61. The fraction of sp³-hybridized carbons (Fsp3) is 0.447. The topological polar surface area (TPSA) is 43.2 Å². The molecule has 0 saturated heterocycles. The molecule has 1 fully saturated rings. The summed E-state index contributed by atoms with van der Waals surface area (Å²) in [5, 5.41) is 0. The van der Waals surface area contributed by atoms with Crippen molar-refractivity contribution in [2.45, 2.75) is 136 Å². The third-order valence-corrected chi connectivity index (χ3v) is 12.8. The first-order chi connectivity index (χ1) is 28.9. The van der Waals surface area contributed by atoms with Gasteiger partial charge in [-0.25, -0.2) is 43.9 Å². The Hall–Kier alpha value is -4.06. The lowest BCUT2D eigenvalue weighted by molar-refractivity contribution is 0.377. The normalized spacial score (nSPS) is 17.7. The van der Waals surface area contributed by atoms with Gasteiger partial charge in [0.25, 0.3) is 0 Å². The van der Waals surface area contributed by atoms with Gasteiger partial charge in [-0.1, -0.05) is 95.2 Å². The summed E-state index contributed by atoms with van der Waals surface area (Å²) in [7, 11) is 7.14. The first kappa shape index (κ1) is 48.4. The van der Waals surface area contributed by atoms with Crippen LogP contribution in [0.2, 0.25) is 0 Å². The highest BCUT2D eigenvalue weighted by Gasteiger charge is 2.43. The zero-order valence-electron chi connectivity index (χ0n) is 37.0. The van der Waals surface area contributed by atoms with Gasteiger partial charge in [-0.15, -0.1) is 0 Å². The highest BCUT2D eigenvalue weighted by atomic mass is 35.6. The second kappa shape index (κ2) is 16.7. The largest absolute Gasteiger partial charge is 0.999 e. The van der Waals surface area contributed by atoms with Gasteiger partial charge in [0.15, 0.2) is 46.5 Å². The van der Waals surface area contributed by atoms with Crippen molar-refractivity contribution < 1.29 is 51.5 Å². The molecule has 16 heteroatoms. The van der Waals surface area contributed by atoms with Crippen molar-refractivity contribution in [3.63, 3.8) is 0 Å². The molecular weight excluding hydrogens is 877 g/mol. The number of rotatable bonds is 2. The van der Waals surface area contributed by atoms with Gasteiger partial charge in [0, 0.05) is 11.1 Å². The van der Waals surface area contributed by atoms with E-state index in [9.17, 15) is 8.78 Å². The third kappa shape index (κ3) is 9.00. The third-order valence-electron chi connectivity index (χ3n) is 11.4. The van der Waals surface area contributed by atoms with E-state index in [0.29, 0.717) is 22.3 Å². The maximum absolute atomic E-state index is 16.2. The zero-order chi connectivity index (χ0) is 47.2. The Labute approximate surface area is 370 Å². The number of aliphatic imine (C=N–C) groups is 2. The molecule has 4 aromatic rings. The number of nitrogens with zero attached hydrogens (tertiary/aromatic N) is 2. The van der Waals surface area contributed by atoms with Crippen LogP contribution in [-0.4, -0.2) is 37.4 Å². The molecule has 6 rings (SSSR count). The maximum Gasteiger partial charge on any atom is 0.999 e. The van der Waals surface area contributed by atoms with Crippen LogP contribution in [0.1, 0.15) is 147 Å². The van der Waals surface area contributed by atoms with Crippen molar-refractivity contribution in [1.29, 1.82) is 0 Å². The number of halogens is 11. The van der Waals surface area contributed by atoms with Gasteiger partial charge in [-0.3, -0.25) is 9.98 Å². The van der Waals surface area contributed by atoms with E-state index in [0.717, 1.165) is 0 Å². The first-order valence-electron chi connectivity index (χ1n) is 20.4. The SMILES string of the molecule is CC(C)(C)c1cc2c(c(C(C)(C)C)c1)[O][Al]([Cl])[O]c1c(cc(C(C)(C)C)cc1C(C)(C)C)C(c1c(F)c(F)c(F)c(F)c1F)=N[C@@H]1CCC[C@H]1N=C2c1c(F)c(F)c(F)c(F)c1F. The van der Waals surface area contributed by atoms with Crippen LogP contribution in [0.3, 0.4) is 0 Å². The zero-order valence-corrected chi connectivity index (χ0v) is 38.9. The summed E-state index contributed by atoms with van der Waals surface area (Å²) < 4.78 is 169. The molecule has 0 N–H and O–H groups in total. The average molecular weight is 925 g/mol. The molecule has 2 atom stereocenters. The van der Waals surface area contributed by atoms with E-state index in [2.05, 4.69) is 0 Å². The van der Waals surface area contributed by atoms with E-state index in [1.165, 1.54) is 12.1 Å². The lowest BCUT2D eigenvalue weighted by Crippen LogP contribution is -2.31. The predicted octanol–water partition coefficient (Wildman–Crippen LogP) is 13.6. The molecule has 338 valence electrons. The summed E-state index contributed by atoms with van der Waals surface area (Å²) in [6, 6.07) is 4.01. The Morgan fingerprint density at radius 1 is 0.460 bits per heavy atom. The second-order valence-corrected chi connectivity index (χ2v) is 22.3. The van der Waals surface area contributed by atoms with E-state index in [1.807, 2.05) is 41.5 Å². The molecule has 4 aromatic carbocycles. The highest BCUT2D eigenvalue weighted by Crippen LogP contribution is 2.45. The molecule has 4 nitrogen and oxygen atoms in total. The minimum Gasteiger partial charge on any atom is -0.599 e. The Morgan fingerprint density at radius 2 is 0.746 bits per heavy atom. The molecule has 0 unspecified atom stereocenters. The van der Waals surface area contributed by atoms with Crippen LogP contribution in [0.25, 0.3) is 0 Å². The van der Waals surface area contributed by atoms with Gasteiger partial charge in [-0.2, -0.15) is 10.0 Å². The van der Waals surface area contributed by atoms with Crippen molar-refractivity contribution in [3.05, 3.63) is 127 Å². The van der Waals surface area contributed by atoms with Crippen molar-refractivity contribution in [2.24, 2.45) is 9.98 Å². The molecular formula is C47H48AlClF10N2O2. The van der Waals surface area contributed by atoms with E-state index in [1.54, 1.807) is 53.7 Å². The minimum absolute atomic E-state index is 0.0459. The van der Waals surface area contributed by atoms with Gasteiger partial charge in [0.05, 0.1) is 46.1 Å². The van der Waals surface area contributed by atoms with Crippen molar-refractivity contribution in [2.75, 3.05) is 0 Å². The molecule has 1 aliphatic heterocycles. The summed E-state index contributed by atoms with van der Waals surface area (Å²) in [6.45, 7) is 21.9. The van der Waals surface area contributed by atoms with Gasteiger partial charge in [0.1, 0.15) is 0 Å². The minimum atomic E-state index is -3.86.